The summed E-state index contributed by atoms with van der Waals surface area (Å²) in [5.74, 6) is 0.0226. The second kappa shape index (κ2) is 14.5. The number of hydrogen-bond donors (Lipinski definition) is 2. The number of H-pyrrole nitrogens is 1. The topological polar surface area (TPSA) is 102 Å². The maximum absolute atomic E-state index is 13.5. The zero-order valence-corrected chi connectivity index (χ0v) is 28.6. The van der Waals surface area contributed by atoms with Crippen LogP contribution in [-0.2, 0) is 0 Å². The molecule has 0 saturated carbocycles. The highest BCUT2D eigenvalue weighted by atomic mass is 79.9. The number of carbonyl (C=O) groups is 2. The number of hydrogen-bond acceptors (Lipinski definition) is 6. The van der Waals surface area contributed by atoms with Crippen molar-refractivity contribution in [3.63, 3.8) is 0 Å². The summed E-state index contributed by atoms with van der Waals surface area (Å²) in [4.78, 5) is 29.8. The zero-order chi connectivity index (χ0) is 32.1. The standard InChI is InChI=1S/C33H25Br2Cl2N3O5/c1-3-43-26-11-10-19(13-27(26)44-4-2)33(42)45-31-20(12-21(34)14-23(31)35)17-38-40-32(41)30-28(18-8-6-5-7-9-18)29-24(37)15-22(36)16-25(29)39-30/h5-17,39H,3-4H2,1-2H3,(H,40,41). The third-order valence-corrected chi connectivity index (χ3v) is 8.05. The van der Waals surface area contributed by atoms with Crippen molar-refractivity contribution in [2.45, 2.75) is 13.8 Å². The van der Waals surface area contributed by atoms with Crippen molar-refractivity contribution in [2.75, 3.05) is 13.2 Å². The van der Waals surface area contributed by atoms with E-state index in [2.05, 4.69) is 47.4 Å². The molecule has 1 amide bonds. The maximum atomic E-state index is 13.5. The predicted octanol–water partition coefficient (Wildman–Crippen LogP) is 9.45. The van der Waals surface area contributed by atoms with Gasteiger partial charge in [-0.05, 0) is 77.8 Å². The molecule has 1 heterocycles. The third-order valence-electron chi connectivity index (χ3n) is 6.48. The van der Waals surface area contributed by atoms with Gasteiger partial charge in [-0.25, -0.2) is 10.2 Å². The Bertz CT molecular complexity index is 1930. The normalized spacial score (nSPS) is 11.2. The van der Waals surface area contributed by atoms with E-state index < -0.39 is 11.9 Å². The molecule has 0 saturated heterocycles. The summed E-state index contributed by atoms with van der Waals surface area (Å²) in [6.45, 7) is 4.55. The number of halogens is 4. The van der Waals surface area contributed by atoms with E-state index in [0.717, 1.165) is 5.56 Å². The van der Waals surface area contributed by atoms with Crippen LogP contribution in [0.4, 0.5) is 0 Å². The first-order valence-corrected chi connectivity index (χ1v) is 16.0. The number of rotatable bonds is 10. The summed E-state index contributed by atoms with van der Waals surface area (Å²) in [5.41, 5.74) is 5.49. The van der Waals surface area contributed by atoms with Crippen molar-refractivity contribution in [2.24, 2.45) is 5.10 Å². The molecule has 1 aromatic heterocycles. The number of nitrogens with zero attached hydrogens (tertiary/aromatic N) is 1. The van der Waals surface area contributed by atoms with Gasteiger partial charge in [0.1, 0.15) is 5.69 Å². The quantitative estimate of drug-likeness (QED) is 0.0638. The maximum Gasteiger partial charge on any atom is 0.343 e. The number of ether oxygens (including phenoxy) is 3. The van der Waals surface area contributed by atoms with Crippen molar-refractivity contribution in [3.8, 4) is 28.4 Å². The van der Waals surface area contributed by atoms with Crippen LogP contribution in [0.2, 0.25) is 10.0 Å². The fraction of sp³-hybridized carbons (Fsp3) is 0.121. The molecule has 0 unspecified atom stereocenters. The van der Waals surface area contributed by atoms with Crippen LogP contribution in [0.1, 0.15) is 40.3 Å². The Balaban J connectivity index is 1.43. The van der Waals surface area contributed by atoms with Crippen LogP contribution in [0.25, 0.3) is 22.0 Å². The average Bonchev–Trinajstić information content (AvgIpc) is 3.40. The van der Waals surface area contributed by atoms with E-state index in [1.807, 2.05) is 44.2 Å². The van der Waals surface area contributed by atoms with Gasteiger partial charge in [-0.2, -0.15) is 5.10 Å². The average molecular weight is 774 g/mol. The van der Waals surface area contributed by atoms with Gasteiger partial charge in [-0.3, -0.25) is 4.79 Å². The number of benzene rings is 4. The molecule has 0 aliphatic heterocycles. The number of aromatic nitrogens is 1. The van der Waals surface area contributed by atoms with Crippen molar-refractivity contribution >= 4 is 84.1 Å². The molecule has 0 bridgehead atoms. The molecule has 2 N–H and O–H groups in total. The highest BCUT2D eigenvalue weighted by molar-refractivity contribution is 9.11. The fourth-order valence-electron chi connectivity index (χ4n) is 4.64. The van der Waals surface area contributed by atoms with Crippen molar-refractivity contribution < 1.29 is 23.8 Å². The van der Waals surface area contributed by atoms with Gasteiger partial charge in [0.2, 0.25) is 0 Å². The molecular formula is C33H25Br2Cl2N3O5. The monoisotopic (exact) mass is 771 g/mol. The van der Waals surface area contributed by atoms with Crippen LogP contribution < -0.4 is 19.6 Å². The molecule has 5 aromatic rings. The summed E-state index contributed by atoms with van der Waals surface area (Å²) < 4.78 is 18.2. The number of fused-ring (bicyclic) bond motifs is 1. The van der Waals surface area contributed by atoms with E-state index in [1.165, 1.54) is 6.21 Å². The summed E-state index contributed by atoms with van der Waals surface area (Å²) in [7, 11) is 0. The molecule has 0 radical (unpaired) electrons. The smallest absolute Gasteiger partial charge is 0.343 e. The molecule has 0 fully saturated rings. The van der Waals surface area contributed by atoms with Gasteiger partial charge >= 0.3 is 5.97 Å². The molecule has 0 aliphatic rings. The molecule has 0 spiro atoms. The van der Waals surface area contributed by atoms with E-state index in [1.54, 1.807) is 42.5 Å². The number of esters is 1. The van der Waals surface area contributed by atoms with Crippen molar-refractivity contribution in [1.29, 1.82) is 0 Å². The minimum Gasteiger partial charge on any atom is -0.490 e. The molecular weight excluding hydrogens is 749 g/mol. The Labute approximate surface area is 285 Å². The van der Waals surface area contributed by atoms with E-state index in [4.69, 9.17) is 37.4 Å². The highest BCUT2D eigenvalue weighted by Crippen LogP contribution is 2.39. The first-order valence-electron chi connectivity index (χ1n) is 13.7. The van der Waals surface area contributed by atoms with E-state index in [-0.39, 0.29) is 17.0 Å². The lowest BCUT2D eigenvalue weighted by Crippen LogP contribution is -2.19. The second-order valence-corrected chi connectivity index (χ2v) is 12.1. The second-order valence-electron chi connectivity index (χ2n) is 9.47. The van der Waals surface area contributed by atoms with Gasteiger partial charge in [0, 0.05) is 31.5 Å². The first kappa shape index (κ1) is 32.6. The first-order chi connectivity index (χ1) is 21.7. The molecule has 12 heteroatoms. The van der Waals surface area contributed by atoms with Crippen molar-refractivity contribution in [3.05, 3.63) is 109 Å². The lowest BCUT2D eigenvalue weighted by atomic mass is 10.0. The van der Waals surface area contributed by atoms with Crippen LogP contribution in [-0.4, -0.2) is 36.3 Å². The van der Waals surface area contributed by atoms with Gasteiger partial charge in [0.15, 0.2) is 17.2 Å². The van der Waals surface area contributed by atoms with Gasteiger partial charge in [-0.1, -0.05) is 69.5 Å². The van der Waals surface area contributed by atoms with E-state index in [0.29, 0.717) is 65.7 Å². The minimum atomic E-state index is -0.623. The number of amides is 1. The Kier molecular flexibility index (Phi) is 10.5. The zero-order valence-electron chi connectivity index (χ0n) is 23.9. The third kappa shape index (κ3) is 7.36. The Morgan fingerprint density at radius 2 is 1.67 bits per heavy atom. The van der Waals surface area contributed by atoms with Crippen LogP contribution in [0.5, 0.6) is 17.2 Å². The minimum absolute atomic E-state index is 0.199. The van der Waals surface area contributed by atoms with Crippen LogP contribution >= 0.6 is 55.1 Å². The Hall–Kier alpha value is -3.83. The Morgan fingerprint density at radius 1 is 0.933 bits per heavy atom. The molecule has 0 aliphatic carbocycles. The van der Waals surface area contributed by atoms with E-state index >= 15 is 0 Å². The number of hydrazone groups is 1. The number of aromatic amines is 1. The lowest BCUT2D eigenvalue weighted by molar-refractivity contribution is 0.0732. The highest BCUT2D eigenvalue weighted by Gasteiger charge is 2.22. The van der Waals surface area contributed by atoms with E-state index in [9.17, 15) is 9.59 Å². The number of carbonyl (C=O) groups excluding carboxylic acids is 2. The number of nitrogens with one attached hydrogen (secondary N) is 2. The van der Waals surface area contributed by atoms with Crippen LogP contribution in [0, 0.1) is 0 Å². The molecule has 230 valence electrons. The van der Waals surface area contributed by atoms with Gasteiger partial charge < -0.3 is 19.2 Å². The van der Waals surface area contributed by atoms with Crippen molar-refractivity contribution in [1.82, 2.24) is 10.4 Å². The van der Waals surface area contributed by atoms with Crippen LogP contribution in [0.3, 0.4) is 0 Å². The summed E-state index contributed by atoms with van der Waals surface area (Å²) >= 11 is 19.7. The molecule has 5 rings (SSSR count). The summed E-state index contributed by atoms with van der Waals surface area (Å²) in [6.07, 6.45) is 1.38. The largest absolute Gasteiger partial charge is 0.490 e. The lowest BCUT2D eigenvalue weighted by Gasteiger charge is -2.13. The van der Waals surface area contributed by atoms with Gasteiger partial charge in [-0.15, -0.1) is 0 Å². The predicted molar refractivity (Wildman–Crippen MR) is 184 cm³/mol. The Morgan fingerprint density at radius 3 is 2.40 bits per heavy atom. The van der Waals surface area contributed by atoms with Crippen LogP contribution in [0.15, 0.2) is 86.8 Å². The SMILES string of the molecule is CCOc1ccc(C(=O)Oc2c(Br)cc(Br)cc2C=NNC(=O)c2[nH]c3cc(Cl)cc(Cl)c3c2-c2ccccc2)cc1OCC. The summed E-state index contributed by atoms with van der Waals surface area (Å²) in [6, 6.07) is 21.0. The molecule has 0 atom stereocenters. The summed E-state index contributed by atoms with van der Waals surface area (Å²) in [5, 5.41) is 5.68. The van der Waals surface area contributed by atoms with Gasteiger partial charge in [0.05, 0.1) is 34.5 Å². The fourth-order valence-corrected chi connectivity index (χ4v) is 6.57. The van der Waals surface area contributed by atoms with Gasteiger partial charge in [0.25, 0.3) is 5.91 Å². The molecule has 4 aromatic carbocycles. The molecule has 8 nitrogen and oxygen atoms in total. The molecule has 45 heavy (non-hydrogen) atoms.